The van der Waals surface area contributed by atoms with Crippen molar-refractivity contribution in [2.45, 2.75) is 37.3 Å². The van der Waals surface area contributed by atoms with Crippen LogP contribution in [0.5, 0.6) is 5.75 Å². The maximum atomic E-state index is 13.3. The van der Waals surface area contributed by atoms with Crippen LogP contribution in [-0.4, -0.2) is 56.2 Å². The number of nitrogens with one attached hydrogen (secondary N) is 1. The highest BCUT2D eigenvalue weighted by atomic mass is 16.5. The van der Waals surface area contributed by atoms with Gasteiger partial charge in [-0.05, 0) is 37.9 Å². The minimum absolute atomic E-state index is 0.0255. The molecular formula is C22H26N2O5. The summed E-state index contributed by atoms with van der Waals surface area (Å²) in [7, 11) is 3.02. The van der Waals surface area contributed by atoms with Gasteiger partial charge in [-0.3, -0.25) is 9.69 Å². The first-order valence-electron chi connectivity index (χ1n) is 10.2. The Balaban J connectivity index is 1.54. The highest BCUT2D eigenvalue weighted by Crippen LogP contribution is 2.54. The van der Waals surface area contributed by atoms with E-state index in [4.69, 9.17) is 14.2 Å². The molecule has 1 N–H and O–H groups in total. The van der Waals surface area contributed by atoms with E-state index in [0.717, 1.165) is 42.9 Å². The van der Waals surface area contributed by atoms with E-state index in [1.165, 1.54) is 7.11 Å². The summed E-state index contributed by atoms with van der Waals surface area (Å²) < 4.78 is 16.1. The van der Waals surface area contributed by atoms with Gasteiger partial charge in [0.1, 0.15) is 5.75 Å². The number of piperidine rings is 1. The van der Waals surface area contributed by atoms with E-state index in [0.29, 0.717) is 5.57 Å². The Labute approximate surface area is 170 Å². The van der Waals surface area contributed by atoms with Gasteiger partial charge in [-0.25, -0.2) is 4.79 Å². The van der Waals surface area contributed by atoms with Crippen LogP contribution in [0.1, 0.15) is 25.3 Å². The number of rotatable bonds is 2. The molecule has 7 heteroatoms. The number of hydrogen-bond donors (Lipinski definition) is 1. The number of nitrogens with zero attached hydrogens (tertiary/aromatic N) is 1. The number of methoxy groups -OCH3 is 2. The molecule has 2 saturated heterocycles. The average Bonchev–Trinajstić information content (AvgIpc) is 3.25. The van der Waals surface area contributed by atoms with Gasteiger partial charge in [-0.2, -0.15) is 0 Å². The number of carbonyl (C=O) groups excluding carboxylic acids is 2. The Bertz CT molecular complexity index is 912. The van der Waals surface area contributed by atoms with Crippen molar-refractivity contribution in [1.82, 2.24) is 4.90 Å². The minimum Gasteiger partial charge on any atom is -0.497 e. The van der Waals surface area contributed by atoms with Crippen molar-refractivity contribution in [3.63, 3.8) is 0 Å². The smallest absolute Gasteiger partial charge is 0.337 e. The maximum Gasteiger partial charge on any atom is 0.337 e. The molecule has 0 radical (unpaired) electrons. The van der Waals surface area contributed by atoms with Crippen molar-refractivity contribution in [3.05, 3.63) is 35.6 Å². The van der Waals surface area contributed by atoms with Crippen LogP contribution in [-0.2, 0) is 24.5 Å². The normalized spacial score (nSPS) is 35.1. The van der Waals surface area contributed by atoms with E-state index < -0.39 is 5.41 Å². The summed E-state index contributed by atoms with van der Waals surface area (Å²) in [5.41, 5.74) is 1.88. The number of ether oxygens (including phenoxy) is 3. The fourth-order valence-corrected chi connectivity index (χ4v) is 5.93. The fourth-order valence-electron chi connectivity index (χ4n) is 5.93. The third-order valence-electron chi connectivity index (χ3n) is 7.44. The first kappa shape index (κ1) is 18.5. The van der Waals surface area contributed by atoms with Gasteiger partial charge in [0.25, 0.3) is 0 Å². The molecule has 4 aliphatic rings. The second-order valence-electron chi connectivity index (χ2n) is 8.51. The third kappa shape index (κ3) is 2.46. The van der Waals surface area contributed by atoms with Crippen LogP contribution in [0, 0.1) is 11.8 Å². The summed E-state index contributed by atoms with van der Waals surface area (Å²) in [4.78, 5) is 28.1. The SMILES string of the molecule is COC(=O)C1=CO[C@@H](C)[C@@H]2CN3CC[C@]4(C(=O)Nc5cc(OC)ccc54)[C@@H]3C[C@@H]12. The summed E-state index contributed by atoms with van der Waals surface area (Å²) >= 11 is 0. The van der Waals surface area contributed by atoms with Crippen LogP contribution >= 0.6 is 0 Å². The van der Waals surface area contributed by atoms with Gasteiger partial charge in [0.05, 0.1) is 37.6 Å². The van der Waals surface area contributed by atoms with Crippen LogP contribution < -0.4 is 10.1 Å². The fraction of sp³-hybridized carbons (Fsp3) is 0.545. The van der Waals surface area contributed by atoms with Crippen molar-refractivity contribution in [1.29, 1.82) is 0 Å². The quantitative estimate of drug-likeness (QED) is 0.769. The standard InChI is InChI=1S/C22H26N2O5/c1-12-15-10-24-7-6-22(17-5-4-13(27-2)8-18(17)23-21(22)26)19(24)9-14(15)16(11-29-12)20(25)28-3/h4-5,8,11-12,14-15,19H,6-7,9-10H2,1-3H3,(H,23,26)/t12-,14+,15-,19-,22+/m0/s1. The van der Waals surface area contributed by atoms with E-state index in [1.54, 1.807) is 13.4 Å². The Morgan fingerprint density at radius 3 is 2.93 bits per heavy atom. The van der Waals surface area contributed by atoms with E-state index in [2.05, 4.69) is 17.1 Å². The summed E-state index contributed by atoms with van der Waals surface area (Å²) in [6.07, 6.45) is 3.11. The lowest BCUT2D eigenvalue weighted by Gasteiger charge is -2.48. The zero-order valence-corrected chi connectivity index (χ0v) is 16.9. The maximum absolute atomic E-state index is 13.3. The molecule has 0 saturated carbocycles. The molecule has 0 aromatic heterocycles. The van der Waals surface area contributed by atoms with E-state index in [1.807, 2.05) is 18.2 Å². The molecule has 154 valence electrons. The van der Waals surface area contributed by atoms with Gasteiger partial charge in [0.2, 0.25) is 5.91 Å². The zero-order valence-electron chi connectivity index (χ0n) is 16.9. The molecule has 0 unspecified atom stereocenters. The van der Waals surface area contributed by atoms with Crippen LogP contribution in [0.4, 0.5) is 5.69 Å². The number of esters is 1. The van der Waals surface area contributed by atoms with Crippen LogP contribution in [0.25, 0.3) is 0 Å². The van der Waals surface area contributed by atoms with Crippen molar-refractivity contribution in [3.8, 4) is 5.75 Å². The summed E-state index contributed by atoms with van der Waals surface area (Å²) in [5, 5.41) is 3.09. The lowest BCUT2D eigenvalue weighted by molar-refractivity contribution is -0.139. The Morgan fingerprint density at radius 1 is 1.34 bits per heavy atom. The van der Waals surface area contributed by atoms with Crippen LogP contribution in [0.3, 0.4) is 0 Å². The van der Waals surface area contributed by atoms with Gasteiger partial charge in [0, 0.05) is 36.2 Å². The lowest BCUT2D eigenvalue weighted by atomic mass is 9.66. The second kappa shape index (κ2) is 6.49. The van der Waals surface area contributed by atoms with Crippen LogP contribution in [0.15, 0.2) is 30.0 Å². The molecule has 2 fully saturated rings. The van der Waals surface area contributed by atoms with Gasteiger partial charge in [0.15, 0.2) is 0 Å². The number of carbonyl (C=O) groups is 2. The van der Waals surface area contributed by atoms with Crippen molar-refractivity contribution in [2.24, 2.45) is 11.8 Å². The van der Waals surface area contributed by atoms with Gasteiger partial charge in [-0.1, -0.05) is 6.07 Å². The summed E-state index contributed by atoms with van der Waals surface area (Å²) in [6, 6.07) is 5.88. The zero-order chi connectivity index (χ0) is 20.3. The van der Waals surface area contributed by atoms with Crippen molar-refractivity contribution < 1.29 is 23.8 Å². The van der Waals surface area contributed by atoms with Gasteiger partial charge >= 0.3 is 5.97 Å². The summed E-state index contributed by atoms with van der Waals surface area (Å²) in [6.45, 7) is 3.72. The number of fused-ring (bicyclic) bond motifs is 5. The molecule has 1 aromatic rings. The van der Waals surface area contributed by atoms with E-state index >= 15 is 0 Å². The molecule has 0 bridgehead atoms. The lowest BCUT2D eigenvalue weighted by Crippen LogP contribution is -2.56. The molecule has 1 aromatic carbocycles. The molecule has 4 heterocycles. The summed E-state index contributed by atoms with van der Waals surface area (Å²) in [5.74, 6) is 0.676. The minimum atomic E-state index is -0.588. The number of hydrogen-bond acceptors (Lipinski definition) is 6. The predicted octanol–water partition coefficient (Wildman–Crippen LogP) is 2.07. The molecule has 29 heavy (non-hydrogen) atoms. The molecule has 5 atom stereocenters. The van der Waals surface area contributed by atoms with Crippen LogP contribution in [0.2, 0.25) is 0 Å². The molecule has 1 amide bonds. The number of anilines is 1. The largest absolute Gasteiger partial charge is 0.497 e. The molecule has 4 aliphatic heterocycles. The predicted molar refractivity (Wildman–Crippen MR) is 106 cm³/mol. The topological polar surface area (TPSA) is 77.1 Å². The monoisotopic (exact) mass is 398 g/mol. The molecule has 5 rings (SSSR count). The Morgan fingerprint density at radius 2 is 2.17 bits per heavy atom. The number of benzene rings is 1. The van der Waals surface area contributed by atoms with Gasteiger partial charge < -0.3 is 19.5 Å². The average molecular weight is 398 g/mol. The first-order chi connectivity index (χ1) is 14.0. The molecule has 0 aliphatic carbocycles. The van der Waals surface area contributed by atoms with E-state index in [9.17, 15) is 9.59 Å². The molecular weight excluding hydrogens is 372 g/mol. The molecule has 1 spiro atoms. The Hall–Kier alpha value is -2.54. The van der Waals surface area contributed by atoms with Crippen molar-refractivity contribution >= 4 is 17.6 Å². The Kier molecular flexibility index (Phi) is 4.13. The second-order valence-corrected chi connectivity index (χ2v) is 8.51. The van der Waals surface area contributed by atoms with E-state index in [-0.39, 0.29) is 35.9 Å². The first-order valence-corrected chi connectivity index (χ1v) is 10.2. The van der Waals surface area contributed by atoms with Gasteiger partial charge in [-0.15, -0.1) is 0 Å². The van der Waals surface area contributed by atoms with Crippen molar-refractivity contribution in [2.75, 3.05) is 32.6 Å². The molecule has 7 nitrogen and oxygen atoms in total. The highest BCUT2D eigenvalue weighted by molar-refractivity contribution is 6.07. The number of amides is 1. The highest BCUT2D eigenvalue weighted by Gasteiger charge is 2.61. The third-order valence-corrected chi connectivity index (χ3v) is 7.44.